The molecule has 2 aliphatic rings. The van der Waals surface area contributed by atoms with E-state index in [9.17, 15) is 0 Å². The molecule has 0 N–H and O–H groups in total. The molecule has 1 aliphatic heterocycles. The van der Waals surface area contributed by atoms with Gasteiger partial charge in [0, 0.05) is 11.9 Å². The van der Waals surface area contributed by atoms with Crippen LogP contribution in [0, 0.1) is 0 Å². The lowest BCUT2D eigenvalue weighted by atomic mass is 9.76. The lowest BCUT2D eigenvalue weighted by Gasteiger charge is -2.43. The van der Waals surface area contributed by atoms with Crippen LogP contribution in [0.2, 0.25) is 0 Å². The number of ether oxygens (including phenoxy) is 3. The molecule has 0 radical (unpaired) electrons. The maximum atomic E-state index is 16.1. The highest BCUT2D eigenvalue weighted by Gasteiger charge is 2.55. The molecule has 1 heterocycles. The summed E-state index contributed by atoms with van der Waals surface area (Å²) >= 11 is 3.48. The third-order valence-corrected chi connectivity index (χ3v) is 5.47. The van der Waals surface area contributed by atoms with Crippen molar-refractivity contribution in [3.8, 4) is 16.9 Å². The normalized spacial score (nSPS) is 24.7. The van der Waals surface area contributed by atoms with Crippen molar-refractivity contribution >= 4 is 15.9 Å². The minimum Gasteiger partial charge on any atom is -0.496 e. The Morgan fingerprint density at radius 1 is 1.24 bits per heavy atom. The number of alkyl halides is 2. The molecule has 25 heavy (non-hydrogen) atoms. The van der Waals surface area contributed by atoms with Gasteiger partial charge in [-0.3, -0.25) is 0 Å². The van der Waals surface area contributed by atoms with E-state index >= 15 is 4.39 Å². The fourth-order valence-electron chi connectivity index (χ4n) is 3.70. The van der Waals surface area contributed by atoms with Gasteiger partial charge in [-0.15, -0.1) is 0 Å². The maximum Gasteiger partial charge on any atom is 0.272 e. The summed E-state index contributed by atoms with van der Waals surface area (Å²) in [6.45, 7) is 0.614. The van der Waals surface area contributed by atoms with Crippen molar-refractivity contribution in [1.82, 2.24) is 0 Å². The molecule has 0 amide bonds. The predicted molar refractivity (Wildman–Crippen MR) is 97.6 cm³/mol. The molecule has 0 aromatic heterocycles. The SMILES string of the molecule is COc1c2c(CBr)cc(-c3ccccc3)c1C2(F)OC1CCCCO1. The zero-order valence-corrected chi connectivity index (χ0v) is 15.6. The lowest BCUT2D eigenvalue weighted by molar-refractivity contribution is -0.264. The average molecular weight is 407 g/mol. The highest BCUT2D eigenvalue weighted by molar-refractivity contribution is 9.08. The Hall–Kier alpha value is -1.43. The minimum absolute atomic E-state index is 0.468. The van der Waals surface area contributed by atoms with E-state index in [4.69, 9.17) is 14.2 Å². The molecule has 2 atom stereocenters. The Morgan fingerprint density at radius 2 is 2.04 bits per heavy atom. The van der Waals surface area contributed by atoms with E-state index in [-0.39, 0.29) is 0 Å². The first-order chi connectivity index (χ1) is 12.2. The fraction of sp³-hybridized carbons (Fsp3) is 0.400. The van der Waals surface area contributed by atoms with Crippen LogP contribution in [0.15, 0.2) is 36.4 Å². The van der Waals surface area contributed by atoms with Gasteiger partial charge in [0.05, 0.1) is 18.2 Å². The van der Waals surface area contributed by atoms with Gasteiger partial charge in [0.2, 0.25) is 0 Å². The van der Waals surface area contributed by atoms with Crippen molar-refractivity contribution in [3.63, 3.8) is 0 Å². The summed E-state index contributed by atoms with van der Waals surface area (Å²) in [7, 11) is 1.58. The Balaban J connectivity index is 1.81. The van der Waals surface area contributed by atoms with Crippen LogP contribution in [0.1, 0.15) is 36.0 Å². The quantitative estimate of drug-likeness (QED) is 0.631. The van der Waals surface area contributed by atoms with Crippen LogP contribution in [0.3, 0.4) is 0 Å². The second-order valence-corrected chi connectivity index (χ2v) is 6.94. The summed E-state index contributed by atoms with van der Waals surface area (Å²) in [6.07, 6.45) is 2.18. The van der Waals surface area contributed by atoms with Crippen LogP contribution >= 0.6 is 15.9 Å². The summed E-state index contributed by atoms with van der Waals surface area (Å²) in [4.78, 5) is 0. The first kappa shape index (κ1) is 17.0. The second kappa shape index (κ2) is 6.71. The van der Waals surface area contributed by atoms with Gasteiger partial charge in [-0.1, -0.05) is 46.3 Å². The van der Waals surface area contributed by atoms with Crippen molar-refractivity contribution in [1.29, 1.82) is 0 Å². The zero-order chi connectivity index (χ0) is 17.4. The van der Waals surface area contributed by atoms with E-state index < -0.39 is 12.1 Å². The molecule has 2 aromatic rings. The number of fused-ring (bicyclic) bond motifs is 2. The zero-order valence-electron chi connectivity index (χ0n) is 14.1. The van der Waals surface area contributed by atoms with Gasteiger partial charge >= 0.3 is 0 Å². The number of hydrogen-bond donors (Lipinski definition) is 0. The topological polar surface area (TPSA) is 27.7 Å². The van der Waals surface area contributed by atoms with Crippen LogP contribution in [0.25, 0.3) is 11.1 Å². The van der Waals surface area contributed by atoms with Gasteiger partial charge in [-0.05, 0) is 42.0 Å². The van der Waals surface area contributed by atoms with E-state index in [1.54, 1.807) is 7.11 Å². The highest BCUT2D eigenvalue weighted by atomic mass is 79.9. The van der Waals surface area contributed by atoms with Crippen molar-refractivity contribution in [2.24, 2.45) is 0 Å². The number of hydrogen-bond acceptors (Lipinski definition) is 3. The fourth-order valence-corrected chi connectivity index (χ4v) is 4.15. The molecule has 3 nitrogen and oxygen atoms in total. The molecule has 0 saturated carbocycles. The van der Waals surface area contributed by atoms with Crippen molar-refractivity contribution < 1.29 is 18.6 Å². The summed E-state index contributed by atoms with van der Waals surface area (Å²) in [5.74, 6) is -1.40. The Labute approximate surface area is 155 Å². The summed E-state index contributed by atoms with van der Waals surface area (Å²) in [5.41, 5.74) is 3.54. The Bertz CT molecular complexity index is 766. The van der Waals surface area contributed by atoms with E-state index in [1.807, 2.05) is 36.4 Å². The van der Waals surface area contributed by atoms with Crippen molar-refractivity contribution in [3.05, 3.63) is 53.1 Å². The first-order valence-corrected chi connectivity index (χ1v) is 9.65. The monoisotopic (exact) mass is 406 g/mol. The smallest absolute Gasteiger partial charge is 0.272 e. The van der Waals surface area contributed by atoms with Crippen LogP contribution in [0.5, 0.6) is 5.75 Å². The summed E-state index contributed by atoms with van der Waals surface area (Å²) in [6, 6.07) is 11.8. The molecule has 1 saturated heterocycles. The molecule has 132 valence electrons. The van der Waals surface area contributed by atoms with Gasteiger partial charge in [0.25, 0.3) is 5.85 Å². The molecule has 0 spiro atoms. The van der Waals surface area contributed by atoms with E-state index in [2.05, 4.69) is 15.9 Å². The first-order valence-electron chi connectivity index (χ1n) is 8.53. The van der Waals surface area contributed by atoms with Crippen LogP contribution < -0.4 is 4.74 Å². The lowest BCUT2D eigenvalue weighted by Crippen LogP contribution is -2.42. The van der Waals surface area contributed by atoms with Gasteiger partial charge in [-0.25, -0.2) is 4.39 Å². The van der Waals surface area contributed by atoms with E-state index in [0.29, 0.717) is 35.2 Å². The minimum atomic E-state index is -1.98. The van der Waals surface area contributed by atoms with Gasteiger partial charge in [-0.2, -0.15) is 0 Å². The van der Waals surface area contributed by atoms with Crippen molar-refractivity contribution in [2.45, 2.75) is 36.7 Å². The molecule has 5 heteroatoms. The van der Waals surface area contributed by atoms with Gasteiger partial charge < -0.3 is 14.2 Å². The van der Waals surface area contributed by atoms with Gasteiger partial charge in [0.15, 0.2) is 6.29 Å². The largest absolute Gasteiger partial charge is 0.496 e. The maximum absolute atomic E-state index is 16.1. The van der Waals surface area contributed by atoms with Gasteiger partial charge in [0.1, 0.15) is 5.75 Å². The van der Waals surface area contributed by atoms with E-state index in [1.165, 1.54) is 0 Å². The second-order valence-electron chi connectivity index (χ2n) is 6.38. The third kappa shape index (κ3) is 2.69. The standard InChI is InChI=1S/C20H20BrFO3/c1-23-19-17-14(12-21)11-15(13-7-3-2-4-8-13)18(19)20(17,22)25-16-9-5-6-10-24-16/h2-4,7-8,11,16H,5-6,9-10,12H2,1H3. The molecule has 2 unspecified atom stereocenters. The summed E-state index contributed by atoms with van der Waals surface area (Å²) < 4.78 is 33.0. The average Bonchev–Trinajstić information content (AvgIpc) is 2.67. The number of benzene rings is 2. The number of rotatable bonds is 5. The Morgan fingerprint density at radius 3 is 2.68 bits per heavy atom. The third-order valence-electron chi connectivity index (χ3n) is 4.87. The summed E-state index contributed by atoms with van der Waals surface area (Å²) in [5, 5.41) is 0.527. The van der Waals surface area contributed by atoms with Crippen LogP contribution in [0.4, 0.5) is 4.39 Å². The number of methoxy groups -OCH3 is 1. The molecule has 2 aromatic carbocycles. The number of halogens is 2. The Kier molecular flexibility index (Phi) is 4.56. The predicted octanol–water partition coefficient (Wildman–Crippen LogP) is 5.28. The molecule has 2 bridgehead atoms. The molecule has 1 aliphatic carbocycles. The van der Waals surface area contributed by atoms with Crippen LogP contribution in [-0.4, -0.2) is 20.0 Å². The molecular weight excluding hydrogens is 387 g/mol. The molecule has 1 fully saturated rings. The van der Waals surface area contributed by atoms with Crippen molar-refractivity contribution in [2.75, 3.05) is 13.7 Å². The van der Waals surface area contributed by atoms with Crippen LogP contribution in [-0.2, 0) is 20.7 Å². The van der Waals surface area contributed by atoms with E-state index in [0.717, 1.165) is 29.5 Å². The molecule has 4 rings (SSSR count). The highest BCUT2D eigenvalue weighted by Crippen LogP contribution is 2.60. The molecular formula is C20H20BrFO3.